The van der Waals surface area contributed by atoms with E-state index in [1.807, 2.05) is 111 Å². The fourth-order valence-electron chi connectivity index (χ4n) is 10.7. The van der Waals surface area contributed by atoms with Gasteiger partial charge in [0.1, 0.15) is 23.0 Å². The Morgan fingerprint density at radius 3 is 1.07 bits per heavy atom. The second kappa shape index (κ2) is 34.8. The minimum Gasteiger partial charge on any atom is -0.494 e. The zero-order valence-corrected chi connectivity index (χ0v) is 55.8. The summed E-state index contributed by atoms with van der Waals surface area (Å²) in [7, 11) is 0. The average molecular weight is 1310 g/mol. The van der Waals surface area contributed by atoms with Gasteiger partial charge in [-0.1, -0.05) is 98.1 Å². The van der Waals surface area contributed by atoms with E-state index in [4.69, 9.17) is 48.9 Å². The Bertz CT molecular complexity index is 4220. The number of fused-ring (bicyclic) bond motifs is 2. The Morgan fingerprint density at radius 1 is 0.367 bits per heavy atom. The average Bonchev–Trinajstić information content (AvgIpc) is 0.813. The number of carbonyl (C=O) groups excluding carboxylic acids is 4. The Labute approximate surface area is 572 Å². The van der Waals surface area contributed by atoms with Crippen molar-refractivity contribution >= 4 is 79.5 Å². The SMILES string of the molecule is C=C(C)C(=O)OCCCCCCOc1ccc(C(=O)Oc2ccc(CNc3ccc(N=Nc4ccc(-c5ccc(N=Nc6ccc(NCc7ccc(OC(=O)c8ccc(OCCCCCCOC(=O)C(=C)C)cc8)cc7)c7ccccc67)c(C)c5)cc4C)c4ccccc34)cc2)cc1. The van der Waals surface area contributed by atoms with Crippen molar-refractivity contribution in [2.24, 2.45) is 20.5 Å². The summed E-state index contributed by atoms with van der Waals surface area (Å²) in [4.78, 5) is 49.0. The molecular formula is C82H80N6O10. The van der Waals surface area contributed by atoms with Gasteiger partial charge in [-0.05, 0) is 234 Å². The van der Waals surface area contributed by atoms with Gasteiger partial charge in [0.15, 0.2) is 0 Å². The number of anilines is 2. The third-order valence-corrected chi connectivity index (χ3v) is 16.3. The summed E-state index contributed by atoms with van der Waals surface area (Å²) in [5, 5.41) is 30.1. The van der Waals surface area contributed by atoms with Crippen molar-refractivity contribution in [2.45, 2.75) is 92.2 Å². The Hall–Kier alpha value is -11.5. The largest absolute Gasteiger partial charge is 0.494 e. The first-order chi connectivity index (χ1) is 47.7. The summed E-state index contributed by atoms with van der Waals surface area (Å²) in [5.74, 6) is 0.617. The molecule has 0 aliphatic carbocycles. The number of carbonyl (C=O) groups is 4. The molecule has 16 nitrogen and oxygen atoms in total. The van der Waals surface area contributed by atoms with Gasteiger partial charge in [0.2, 0.25) is 0 Å². The number of rotatable bonds is 33. The zero-order valence-electron chi connectivity index (χ0n) is 55.8. The lowest BCUT2D eigenvalue weighted by molar-refractivity contribution is -0.139. The van der Waals surface area contributed by atoms with Gasteiger partial charge >= 0.3 is 23.9 Å². The number of hydrogen-bond donors (Lipinski definition) is 2. The molecule has 0 saturated heterocycles. The summed E-state index contributed by atoms with van der Waals surface area (Å²) in [5.41, 5.74) is 12.7. The molecule has 10 rings (SSSR count). The van der Waals surface area contributed by atoms with Gasteiger partial charge < -0.3 is 39.1 Å². The molecule has 0 fully saturated rings. The van der Waals surface area contributed by atoms with Crippen LogP contribution in [-0.2, 0) is 32.2 Å². The van der Waals surface area contributed by atoms with Gasteiger partial charge in [0, 0.05) is 57.2 Å². The molecule has 0 atom stereocenters. The van der Waals surface area contributed by atoms with Gasteiger partial charge in [-0.15, -0.1) is 10.2 Å². The highest BCUT2D eigenvalue weighted by molar-refractivity contribution is 6.02. The van der Waals surface area contributed by atoms with E-state index in [-0.39, 0.29) is 11.9 Å². The molecule has 0 amide bonds. The third-order valence-electron chi connectivity index (χ3n) is 16.3. The first-order valence-electron chi connectivity index (χ1n) is 33.0. The van der Waals surface area contributed by atoms with Crippen LogP contribution in [0.2, 0.25) is 0 Å². The number of azo groups is 2. The van der Waals surface area contributed by atoms with Gasteiger partial charge in [-0.3, -0.25) is 0 Å². The lowest BCUT2D eigenvalue weighted by Gasteiger charge is -2.12. The number of nitrogens with one attached hydrogen (secondary N) is 2. The van der Waals surface area contributed by atoms with Gasteiger partial charge in [0.05, 0.1) is 60.3 Å². The maximum Gasteiger partial charge on any atom is 0.343 e. The molecule has 0 aromatic heterocycles. The second-order valence-corrected chi connectivity index (χ2v) is 23.9. The molecule has 0 spiro atoms. The zero-order chi connectivity index (χ0) is 68.6. The van der Waals surface area contributed by atoms with Crippen LogP contribution in [-0.4, -0.2) is 50.3 Å². The van der Waals surface area contributed by atoms with Crippen LogP contribution in [0.4, 0.5) is 34.1 Å². The van der Waals surface area contributed by atoms with E-state index >= 15 is 0 Å². The number of aryl methyl sites for hydroxylation is 2. The highest BCUT2D eigenvalue weighted by atomic mass is 16.5. The van der Waals surface area contributed by atoms with E-state index in [1.54, 1.807) is 86.6 Å². The molecule has 0 aliphatic rings. The maximum atomic E-state index is 13.0. The normalized spacial score (nSPS) is 11.2. The number of unbranched alkanes of at least 4 members (excludes halogenated alkanes) is 6. The molecule has 16 heteroatoms. The number of nitrogens with zero attached hydrogens (tertiary/aromatic N) is 4. The van der Waals surface area contributed by atoms with Crippen LogP contribution in [0.15, 0.2) is 251 Å². The predicted molar refractivity (Wildman–Crippen MR) is 387 cm³/mol. The minimum atomic E-state index is -0.456. The Morgan fingerprint density at radius 2 is 0.704 bits per heavy atom. The van der Waals surface area contributed by atoms with Crippen molar-refractivity contribution in [2.75, 3.05) is 37.1 Å². The first-order valence-corrected chi connectivity index (χ1v) is 33.0. The lowest BCUT2D eigenvalue weighted by Crippen LogP contribution is -2.08. The first kappa shape index (κ1) is 69.3. The summed E-state index contributed by atoms with van der Waals surface area (Å²) < 4.78 is 33.4. The van der Waals surface area contributed by atoms with Crippen LogP contribution in [0.25, 0.3) is 32.7 Å². The number of esters is 4. The van der Waals surface area contributed by atoms with Crippen molar-refractivity contribution in [1.82, 2.24) is 0 Å². The van der Waals surface area contributed by atoms with Crippen LogP contribution >= 0.6 is 0 Å². The van der Waals surface area contributed by atoms with E-state index in [0.29, 0.717) is 84.8 Å². The predicted octanol–water partition coefficient (Wildman–Crippen LogP) is 20.9. The number of hydrogen-bond acceptors (Lipinski definition) is 16. The fraction of sp³-hybridized carbons (Fsp3) is 0.220. The highest BCUT2D eigenvalue weighted by Gasteiger charge is 2.15. The molecule has 98 heavy (non-hydrogen) atoms. The van der Waals surface area contributed by atoms with Crippen LogP contribution < -0.4 is 29.6 Å². The molecule has 0 radical (unpaired) electrons. The highest BCUT2D eigenvalue weighted by Crippen LogP contribution is 2.37. The van der Waals surface area contributed by atoms with Gasteiger partial charge in [0.25, 0.3) is 0 Å². The topological polar surface area (TPSA) is 197 Å². The van der Waals surface area contributed by atoms with Crippen LogP contribution in [0.3, 0.4) is 0 Å². The fourth-order valence-corrected chi connectivity index (χ4v) is 10.7. The molecule has 10 aromatic rings. The second-order valence-electron chi connectivity index (χ2n) is 23.9. The van der Waals surface area contributed by atoms with Crippen molar-refractivity contribution in [3.8, 4) is 34.1 Å². The van der Waals surface area contributed by atoms with E-state index in [0.717, 1.165) is 140 Å². The standard InChI is InChI=1S/C82H80N6O10/c1-55(2)79(89)95-49-17-9-7-15-47-93-65-37-27-61(28-38-65)81(91)97-67-33-23-59(24-34-67)53-83-75-43-45-77(71-21-13-11-19-69(71)75)87-85-73-41-31-63(51-57(73)5)64-32-42-74(58(6)52-64)86-88-78-46-44-76(70-20-12-14-22-72(70)78)84-54-60-25-35-68(36-26-60)98-82(92)62-29-39-66(40-30-62)94-48-16-8-10-18-50-96-80(90)56(3)4/h11-14,19-46,51-52,83-84H,1,3,7-10,15-18,47-50,53-54H2,2,4-6H3. The number of ether oxygens (including phenoxy) is 6. The smallest absolute Gasteiger partial charge is 0.343 e. The Balaban J connectivity index is 0.668. The van der Waals surface area contributed by atoms with Gasteiger partial charge in [-0.2, -0.15) is 10.2 Å². The van der Waals surface area contributed by atoms with Crippen molar-refractivity contribution in [1.29, 1.82) is 0 Å². The third kappa shape index (κ3) is 19.8. The van der Waals surface area contributed by atoms with Crippen LogP contribution in [0, 0.1) is 13.8 Å². The van der Waals surface area contributed by atoms with E-state index in [2.05, 4.69) is 60.2 Å². The summed E-state index contributed by atoms with van der Waals surface area (Å²) in [6.07, 6.45) is 7.07. The van der Waals surface area contributed by atoms with Crippen molar-refractivity contribution < 1.29 is 47.6 Å². The summed E-state index contributed by atoms with van der Waals surface area (Å²) >= 11 is 0. The Kier molecular flexibility index (Phi) is 24.6. The molecule has 0 bridgehead atoms. The molecule has 2 N–H and O–H groups in total. The molecule has 498 valence electrons. The monoisotopic (exact) mass is 1310 g/mol. The van der Waals surface area contributed by atoms with Crippen LogP contribution in [0.1, 0.15) is 108 Å². The molecule has 0 heterocycles. The molecule has 10 aromatic carbocycles. The number of benzene rings is 10. The summed E-state index contributed by atoms with van der Waals surface area (Å²) in [6, 6.07) is 65.4. The molecule has 0 unspecified atom stereocenters. The molecular weight excluding hydrogens is 1230 g/mol. The van der Waals surface area contributed by atoms with E-state index in [1.165, 1.54) is 0 Å². The van der Waals surface area contributed by atoms with Crippen LogP contribution in [0.5, 0.6) is 23.0 Å². The molecule has 0 aliphatic heterocycles. The van der Waals surface area contributed by atoms with E-state index in [9.17, 15) is 19.2 Å². The summed E-state index contributed by atoms with van der Waals surface area (Å²) in [6.45, 7) is 17.5. The quantitative estimate of drug-likeness (QED) is 0.0130. The van der Waals surface area contributed by atoms with E-state index < -0.39 is 11.9 Å². The lowest BCUT2D eigenvalue weighted by atomic mass is 10.0. The van der Waals surface area contributed by atoms with Crippen molar-refractivity contribution in [3.05, 3.63) is 264 Å². The van der Waals surface area contributed by atoms with Crippen molar-refractivity contribution in [3.63, 3.8) is 0 Å². The molecule has 0 saturated carbocycles. The minimum absolute atomic E-state index is 0.354. The van der Waals surface area contributed by atoms with Gasteiger partial charge in [-0.25, -0.2) is 19.2 Å². The maximum absolute atomic E-state index is 13.0.